The van der Waals surface area contributed by atoms with E-state index >= 15 is 0 Å². The maximum absolute atomic E-state index is 5.66. The van der Waals surface area contributed by atoms with Crippen LogP contribution in [0.25, 0.3) is 0 Å². The fourth-order valence-corrected chi connectivity index (χ4v) is 1.88. The molecule has 0 aliphatic heterocycles. The van der Waals surface area contributed by atoms with Crippen LogP contribution in [0, 0.1) is 0 Å². The fraction of sp³-hybridized carbons (Fsp3) is 0.571. The van der Waals surface area contributed by atoms with Gasteiger partial charge in [0, 0.05) is 19.2 Å². The Labute approximate surface area is 115 Å². The van der Waals surface area contributed by atoms with Gasteiger partial charge in [0.25, 0.3) is 0 Å². The zero-order chi connectivity index (χ0) is 14.5. The number of hydrazine groups is 1. The van der Waals surface area contributed by atoms with Crippen LogP contribution in [0.1, 0.15) is 31.9 Å². The zero-order valence-electron chi connectivity index (χ0n) is 12.3. The molecule has 0 radical (unpaired) electrons. The van der Waals surface area contributed by atoms with E-state index in [1.165, 1.54) is 0 Å². The maximum atomic E-state index is 5.66. The molecule has 0 aromatic heterocycles. The molecule has 0 aliphatic rings. The van der Waals surface area contributed by atoms with Gasteiger partial charge >= 0.3 is 0 Å². The highest BCUT2D eigenvalue weighted by molar-refractivity contribution is 5.39. The van der Waals surface area contributed by atoms with E-state index in [2.05, 4.69) is 5.43 Å². The molecule has 0 heterocycles. The minimum Gasteiger partial charge on any atom is -0.497 e. The Balaban J connectivity index is 3.03. The smallest absolute Gasteiger partial charge is 0.122 e. The Kier molecular flexibility index (Phi) is 5.60. The number of ether oxygens (including phenoxy) is 3. The van der Waals surface area contributed by atoms with Crippen molar-refractivity contribution >= 4 is 0 Å². The summed E-state index contributed by atoms with van der Waals surface area (Å²) in [6.07, 6.45) is 0.732. The first-order valence-corrected chi connectivity index (χ1v) is 6.20. The molecule has 1 rings (SSSR count). The van der Waals surface area contributed by atoms with Gasteiger partial charge in [-0.2, -0.15) is 0 Å². The number of methoxy groups -OCH3 is 3. The Morgan fingerprint density at radius 2 is 1.63 bits per heavy atom. The highest BCUT2D eigenvalue weighted by Crippen LogP contribution is 2.31. The summed E-state index contributed by atoms with van der Waals surface area (Å²) in [6, 6.07) is 5.68. The van der Waals surface area contributed by atoms with Gasteiger partial charge in [0.2, 0.25) is 0 Å². The van der Waals surface area contributed by atoms with Gasteiger partial charge in [0.15, 0.2) is 0 Å². The molecule has 0 aliphatic carbocycles. The van der Waals surface area contributed by atoms with Crippen LogP contribution in [0.5, 0.6) is 11.5 Å². The standard InChI is InChI=1S/C14H24N2O3/c1-14(2,19-5)9-13(16-15)10-6-11(17-3)8-12(7-10)18-4/h6-8,13,16H,9,15H2,1-5H3. The van der Waals surface area contributed by atoms with E-state index in [1.54, 1.807) is 21.3 Å². The van der Waals surface area contributed by atoms with Crippen molar-refractivity contribution in [1.82, 2.24) is 5.43 Å². The SMILES string of the molecule is COc1cc(OC)cc(C(CC(C)(C)OC)NN)c1. The van der Waals surface area contributed by atoms with Crippen molar-refractivity contribution in [3.8, 4) is 11.5 Å². The zero-order valence-corrected chi connectivity index (χ0v) is 12.3. The second-order valence-corrected chi connectivity index (χ2v) is 5.03. The summed E-state index contributed by atoms with van der Waals surface area (Å²) in [6.45, 7) is 4.05. The Morgan fingerprint density at radius 3 is 2.00 bits per heavy atom. The van der Waals surface area contributed by atoms with E-state index < -0.39 is 0 Å². The fourth-order valence-electron chi connectivity index (χ4n) is 1.88. The van der Waals surface area contributed by atoms with Gasteiger partial charge in [0.05, 0.1) is 19.8 Å². The summed E-state index contributed by atoms with van der Waals surface area (Å²) >= 11 is 0. The van der Waals surface area contributed by atoms with Crippen LogP contribution in [-0.4, -0.2) is 26.9 Å². The average molecular weight is 268 g/mol. The van der Waals surface area contributed by atoms with E-state index in [0.29, 0.717) is 0 Å². The molecule has 1 aromatic rings. The Morgan fingerprint density at radius 1 is 1.11 bits per heavy atom. The summed E-state index contributed by atoms with van der Waals surface area (Å²) in [4.78, 5) is 0. The quantitative estimate of drug-likeness (QED) is 0.585. The summed E-state index contributed by atoms with van der Waals surface area (Å²) in [5, 5.41) is 0. The van der Waals surface area contributed by atoms with Gasteiger partial charge in [-0.1, -0.05) is 0 Å². The van der Waals surface area contributed by atoms with Gasteiger partial charge in [-0.15, -0.1) is 0 Å². The third-order valence-corrected chi connectivity index (χ3v) is 3.23. The summed E-state index contributed by atoms with van der Waals surface area (Å²) < 4.78 is 16.0. The van der Waals surface area contributed by atoms with E-state index in [1.807, 2.05) is 32.0 Å². The lowest BCUT2D eigenvalue weighted by Gasteiger charge is -2.28. The summed E-state index contributed by atoms with van der Waals surface area (Å²) in [5.74, 6) is 7.14. The molecule has 0 fully saturated rings. The van der Waals surface area contributed by atoms with Crippen molar-refractivity contribution in [2.24, 2.45) is 5.84 Å². The molecule has 108 valence electrons. The molecule has 1 aromatic carbocycles. The van der Waals surface area contributed by atoms with Crippen LogP contribution in [-0.2, 0) is 4.74 Å². The maximum Gasteiger partial charge on any atom is 0.122 e. The van der Waals surface area contributed by atoms with Gasteiger partial charge in [-0.3, -0.25) is 11.3 Å². The minimum absolute atomic E-state index is 0.0426. The molecule has 3 N–H and O–H groups in total. The first-order valence-electron chi connectivity index (χ1n) is 6.20. The number of nitrogens with one attached hydrogen (secondary N) is 1. The lowest BCUT2D eigenvalue weighted by atomic mass is 9.94. The van der Waals surface area contributed by atoms with Crippen molar-refractivity contribution < 1.29 is 14.2 Å². The van der Waals surface area contributed by atoms with Crippen molar-refractivity contribution in [2.75, 3.05) is 21.3 Å². The van der Waals surface area contributed by atoms with Gasteiger partial charge in [-0.25, -0.2) is 0 Å². The van der Waals surface area contributed by atoms with Crippen molar-refractivity contribution in [3.63, 3.8) is 0 Å². The third kappa shape index (κ3) is 4.38. The predicted molar refractivity (Wildman–Crippen MR) is 75.3 cm³/mol. The van der Waals surface area contributed by atoms with Crippen molar-refractivity contribution in [3.05, 3.63) is 23.8 Å². The number of rotatable bonds is 7. The minimum atomic E-state index is -0.270. The van der Waals surface area contributed by atoms with E-state index in [9.17, 15) is 0 Å². The van der Waals surface area contributed by atoms with Crippen LogP contribution in [0.2, 0.25) is 0 Å². The topological polar surface area (TPSA) is 65.7 Å². The largest absolute Gasteiger partial charge is 0.497 e. The molecule has 0 saturated carbocycles. The second-order valence-electron chi connectivity index (χ2n) is 5.03. The molecular weight excluding hydrogens is 244 g/mol. The van der Waals surface area contributed by atoms with Gasteiger partial charge in [-0.05, 0) is 38.0 Å². The summed E-state index contributed by atoms with van der Waals surface area (Å²) in [7, 11) is 4.95. The predicted octanol–water partition coefficient (Wildman–Crippen LogP) is 2.02. The van der Waals surface area contributed by atoms with Crippen LogP contribution in [0.3, 0.4) is 0 Å². The lowest BCUT2D eigenvalue weighted by Crippen LogP contribution is -2.35. The van der Waals surface area contributed by atoms with E-state index in [0.717, 1.165) is 23.5 Å². The molecule has 1 unspecified atom stereocenters. The Bertz CT molecular complexity index is 385. The molecule has 5 nitrogen and oxygen atoms in total. The third-order valence-electron chi connectivity index (χ3n) is 3.23. The van der Waals surface area contributed by atoms with Gasteiger partial charge < -0.3 is 14.2 Å². The number of nitrogens with two attached hydrogens (primary N) is 1. The molecule has 0 saturated heterocycles. The molecule has 1 atom stereocenters. The average Bonchev–Trinajstić information content (AvgIpc) is 2.44. The highest BCUT2D eigenvalue weighted by atomic mass is 16.5. The molecular formula is C14H24N2O3. The summed E-state index contributed by atoms with van der Waals surface area (Å²) in [5.41, 5.74) is 3.55. The monoisotopic (exact) mass is 268 g/mol. The van der Waals surface area contributed by atoms with Crippen LogP contribution >= 0.6 is 0 Å². The Hall–Kier alpha value is -1.30. The molecule has 5 heteroatoms. The lowest BCUT2D eigenvalue weighted by molar-refractivity contribution is 0.00678. The normalized spacial score (nSPS) is 13.2. The molecule has 19 heavy (non-hydrogen) atoms. The molecule has 0 spiro atoms. The number of benzene rings is 1. The molecule has 0 bridgehead atoms. The second kappa shape index (κ2) is 6.75. The van der Waals surface area contributed by atoms with Crippen molar-refractivity contribution in [2.45, 2.75) is 31.9 Å². The van der Waals surface area contributed by atoms with Gasteiger partial charge in [0.1, 0.15) is 11.5 Å². The van der Waals surface area contributed by atoms with Crippen molar-refractivity contribution in [1.29, 1.82) is 0 Å². The van der Waals surface area contributed by atoms with Crippen LogP contribution < -0.4 is 20.7 Å². The van der Waals surface area contributed by atoms with Crippen LogP contribution in [0.4, 0.5) is 0 Å². The first-order chi connectivity index (χ1) is 8.95. The number of hydrogen-bond acceptors (Lipinski definition) is 5. The van der Waals surface area contributed by atoms with E-state index in [4.69, 9.17) is 20.1 Å². The number of hydrogen-bond donors (Lipinski definition) is 2. The first kappa shape index (κ1) is 15.8. The molecule has 0 amide bonds. The van der Waals surface area contributed by atoms with E-state index in [-0.39, 0.29) is 11.6 Å². The van der Waals surface area contributed by atoms with Crippen LogP contribution in [0.15, 0.2) is 18.2 Å². The highest BCUT2D eigenvalue weighted by Gasteiger charge is 2.24.